The molecule has 0 saturated carbocycles. The lowest BCUT2D eigenvalue weighted by molar-refractivity contribution is 0.851. The monoisotopic (exact) mass is 162 g/mol. The van der Waals surface area contributed by atoms with Gasteiger partial charge in [-0.25, -0.2) is 0 Å². The molecule has 0 aliphatic heterocycles. The predicted octanol–water partition coefficient (Wildman–Crippen LogP) is 2.75. The number of hydrogen-bond acceptors (Lipinski definition) is 0. The molecule has 0 N–H and O–H groups in total. The highest BCUT2D eigenvalue weighted by molar-refractivity contribution is 6.35. The van der Waals surface area contributed by atoms with Gasteiger partial charge in [0.1, 0.15) is 0 Å². The van der Waals surface area contributed by atoms with Crippen molar-refractivity contribution in [3.8, 4) is 0 Å². The largest absolute Gasteiger partial charge is 0.364 e. The first-order valence-corrected chi connectivity index (χ1v) is 6.41. The summed E-state index contributed by atoms with van der Waals surface area (Å²) in [6.07, 6.45) is 5.80. The summed E-state index contributed by atoms with van der Waals surface area (Å²) in [5.74, 6) is 0. The average molecular weight is 163 g/mol. The topological polar surface area (TPSA) is 0 Å². The summed E-state index contributed by atoms with van der Waals surface area (Å²) in [5.41, 5.74) is 0. The molecule has 0 aromatic rings. The van der Waals surface area contributed by atoms with Gasteiger partial charge in [-0.2, -0.15) is 0 Å². The minimum absolute atomic E-state index is 0. The van der Waals surface area contributed by atoms with Gasteiger partial charge in [-0.3, -0.25) is 0 Å². The SMILES string of the molecule is CCC[CH2][Mg][CH2]CCC.[Mg]. The highest BCUT2D eigenvalue weighted by Gasteiger charge is 1.92. The molecule has 0 spiro atoms. The molecule has 0 unspecified atom stereocenters. The Morgan fingerprint density at radius 1 is 0.900 bits per heavy atom. The first kappa shape index (κ1) is 14.1. The smallest absolute Gasteiger partial charge is 0.146 e. The molecule has 0 saturated heterocycles. The maximum Gasteiger partial charge on any atom is 0.364 e. The van der Waals surface area contributed by atoms with Crippen LogP contribution in [0.4, 0.5) is 0 Å². The van der Waals surface area contributed by atoms with E-state index in [2.05, 4.69) is 13.8 Å². The predicted molar refractivity (Wildman–Crippen MR) is 50.9 cm³/mol. The van der Waals surface area contributed by atoms with E-state index >= 15 is 0 Å². The van der Waals surface area contributed by atoms with Crippen molar-refractivity contribution in [3.63, 3.8) is 0 Å². The van der Waals surface area contributed by atoms with E-state index in [1.165, 1.54) is 25.7 Å². The molecule has 10 heavy (non-hydrogen) atoms. The Hall–Kier alpha value is 1.53. The summed E-state index contributed by atoms with van der Waals surface area (Å²) in [7, 11) is 0. The Morgan fingerprint density at radius 2 is 1.30 bits per heavy atom. The van der Waals surface area contributed by atoms with Gasteiger partial charge in [0.15, 0.2) is 0 Å². The van der Waals surface area contributed by atoms with E-state index in [0.29, 0.717) is 20.4 Å². The molecule has 2 heteroatoms. The molecule has 0 aromatic carbocycles. The summed E-state index contributed by atoms with van der Waals surface area (Å²) in [4.78, 5) is 0. The van der Waals surface area contributed by atoms with Crippen molar-refractivity contribution in [3.05, 3.63) is 0 Å². The van der Waals surface area contributed by atoms with E-state index in [1.54, 1.807) is 9.10 Å². The van der Waals surface area contributed by atoms with Crippen molar-refractivity contribution in [2.75, 3.05) is 0 Å². The molecular formula is C8H18Mg2. The summed E-state index contributed by atoms with van der Waals surface area (Å²) in [6, 6.07) is 0. The van der Waals surface area contributed by atoms with Gasteiger partial charge in [-0.1, -0.05) is 39.5 Å². The van der Waals surface area contributed by atoms with Gasteiger partial charge in [0.05, 0.1) is 0 Å². The third-order valence-corrected chi connectivity index (χ3v) is 3.71. The van der Waals surface area contributed by atoms with Crippen LogP contribution >= 0.6 is 0 Å². The van der Waals surface area contributed by atoms with Crippen molar-refractivity contribution in [1.29, 1.82) is 0 Å². The lowest BCUT2D eigenvalue weighted by Gasteiger charge is -1.93. The molecule has 0 aromatic heterocycles. The van der Waals surface area contributed by atoms with E-state index in [4.69, 9.17) is 0 Å². The third-order valence-electron chi connectivity index (χ3n) is 1.71. The van der Waals surface area contributed by atoms with Crippen LogP contribution in [0, 0.1) is 0 Å². The number of rotatable bonds is 6. The fourth-order valence-corrected chi connectivity index (χ4v) is 3.09. The van der Waals surface area contributed by atoms with Gasteiger partial charge in [-0.15, -0.1) is 9.10 Å². The normalized spacial score (nSPS) is 8.20. The first-order chi connectivity index (χ1) is 4.41. The number of hydrogen-bond donors (Lipinski definition) is 0. The second-order valence-electron chi connectivity index (χ2n) is 2.77. The van der Waals surface area contributed by atoms with Crippen molar-refractivity contribution in [1.82, 2.24) is 0 Å². The summed E-state index contributed by atoms with van der Waals surface area (Å²) in [5, 5.41) is 0. The molecule has 54 valence electrons. The fourth-order valence-electron chi connectivity index (χ4n) is 1.03. The van der Waals surface area contributed by atoms with Gasteiger partial charge >= 0.3 is 20.4 Å². The Morgan fingerprint density at radius 3 is 1.60 bits per heavy atom. The van der Waals surface area contributed by atoms with Gasteiger partial charge in [0, 0.05) is 23.1 Å². The second-order valence-corrected chi connectivity index (χ2v) is 4.89. The van der Waals surface area contributed by atoms with E-state index in [9.17, 15) is 0 Å². The summed E-state index contributed by atoms with van der Waals surface area (Å²) >= 11 is 0.389. The van der Waals surface area contributed by atoms with Crippen LogP contribution < -0.4 is 0 Å². The maximum absolute atomic E-state index is 2.29. The molecule has 0 fully saturated rings. The van der Waals surface area contributed by atoms with E-state index in [-0.39, 0.29) is 23.1 Å². The molecule has 0 amide bonds. The highest BCUT2D eigenvalue weighted by atomic mass is 24.5. The molecule has 2 radical (unpaired) electrons. The highest BCUT2D eigenvalue weighted by Crippen LogP contribution is 1.99. The van der Waals surface area contributed by atoms with Crippen molar-refractivity contribution in [2.24, 2.45) is 0 Å². The van der Waals surface area contributed by atoms with Crippen molar-refractivity contribution < 1.29 is 0 Å². The van der Waals surface area contributed by atoms with Crippen molar-refractivity contribution >= 4 is 43.4 Å². The summed E-state index contributed by atoms with van der Waals surface area (Å²) < 4.78 is 3.19. The zero-order chi connectivity index (χ0) is 6.95. The van der Waals surface area contributed by atoms with E-state index in [0.717, 1.165) is 0 Å². The molecule has 0 nitrogen and oxygen atoms in total. The van der Waals surface area contributed by atoms with Crippen LogP contribution in [0.5, 0.6) is 0 Å². The Kier molecular flexibility index (Phi) is 18.5. The second kappa shape index (κ2) is 13.1. The van der Waals surface area contributed by atoms with E-state index < -0.39 is 0 Å². The molecule has 0 aliphatic rings. The number of unbranched alkanes of at least 4 members (excludes halogenated alkanes) is 2. The minimum Gasteiger partial charge on any atom is -0.146 e. The lowest BCUT2D eigenvalue weighted by atomic mass is 10.4. The Balaban J connectivity index is 0. The molecule has 0 bridgehead atoms. The molecule has 0 rings (SSSR count). The zero-order valence-electron chi connectivity index (χ0n) is 7.66. The van der Waals surface area contributed by atoms with Crippen LogP contribution in [0.15, 0.2) is 0 Å². The van der Waals surface area contributed by atoms with Crippen LogP contribution in [-0.2, 0) is 0 Å². The first-order valence-electron chi connectivity index (χ1n) is 4.41. The van der Waals surface area contributed by atoms with Crippen LogP contribution in [0.1, 0.15) is 39.5 Å². The van der Waals surface area contributed by atoms with Gasteiger partial charge in [-0.05, 0) is 0 Å². The van der Waals surface area contributed by atoms with Crippen LogP contribution in [0.2, 0.25) is 9.10 Å². The van der Waals surface area contributed by atoms with Gasteiger partial charge < -0.3 is 0 Å². The average Bonchev–Trinajstić information content (AvgIpc) is 1.89. The van der Waals surface area contributed by atoms with Gasteiger partial charge in [0.2, 0.25) is 0 Å². The molecule has 0 heterocycles. The minimum atomic E-state index is 0. The molecule has 0 atom stereocenters. The van der Waals surface area contributed by atoms with Gasteiger partial charge in [0.25, 0.3) is 0 Å². The Bertz CT molecular complexity index is 40.5. The lowest BCUT2D eigenvalue weighted by Crippen LogP contribution is -1.87. The van der Waals surface area contributed by atoms with Crippen LogP contribution in [0.25, 0.3) is 0 Å². The quantitative estimate of drug-likeness (QED) is 0.417. The molecular weight excluding hydrogens is 145 g/mol. The van der Waals surface area contributed by atoms with E-state index in [1.807, 2.05) is 0 Å². The third kappa shape index (κ3) is 12.2. The van der Waals surface area contributed by atoms with Crippen LogP contribution in [0.3, 0.4) is 0 Å². The summed E-state index contributed by atoms with van der Waals surface area (Å²) in [6.45, 7) is 4.57. The molecule has 0 aliphatic carbocycles. The fraction of sp³-hybridized carbons (Fsp3) is 1.00. The Labute approximate surface area is 91.4 Å². The standard InChI is InChI=1S/2C4H9.2Mg/c2*1-3-4-2;;/h2*1,3-4H2,2H3;;. The zero-order valence-corrected chi connectivity index (χ0v) is 10.5. The van der Waals surface area contributed by atoms with Crippen LogP contribution in [-0.4, -0.2) is 43.4 Å². The van der Waals surface area contributed by atoms with Crippen molar-refractivity contribution in [2.45, 2.75) is 48.6 Å². The maximum atomic E-state index is 2.29.